The maximum atomic E-state index is 4.43. The Morgan fingerprint density at radius 3 is 2.95 bits per heavy atom. The van der Waals surface area contributed by atoms with E-state index in [9.17, 15) is 0 Å². The molecule has 1 unspecified atom stereocenters. The summed E-state index contributed by atoms with van der Waals surface area (Å²) >= 11 is 3.40. The van der Waals surface area contributed by atoms with Crippen LogP contribution in [0.1, 0.15) is 18.7 Å². The third-order valence-corrected chi connectivity index (χ3v) is 3.21. The van der Waals surface area contributed by atoms with Crippen LogP contribution >= 0.6 is 15.9 Å². The van der Waals surface area contributed by atoms with Crippen LogP contribution in [0.5, 0.6) is 0 Å². The van der Waals surface area contributed by atoms with Gasteiger partial charge in [-0.25, -0.2) is 9.97 Å². The minimum absolute atomic E-state index is 0.0588. The van der Waals surface area contributed by atoms with Gasteiger partial charge in [-0.15, -0.1) is 0 Å². The fourth-order valence-electron chi connectivity index (χ4n) is 1.91. The summed E-state index contributed by atoms with van der Waals surface area (Å²) in [7, 11) is 0. The van der Waals surface area contributed by atoms with Crippen LogP contribution in [0.2, 0.25) is 0 Å². The molecular weight excluding hydrogens is 306 g/mol. The zero-order chi connectivity index (χ0) is 13.2. The topological polar surface area (TPSA) is 55.1 Å². The number of nitrogens with one attached hydrogen (secondary N) is 1. The van der Waals surface area contributed by atoms with Crippen LogP contribution in [0.3, 0.4) is 0 Å². The molecule has 3 aromatic rings. The molecule has 96 valence electrons. The molecule has 1 N–H and O–H groups in total. The van der Waals surface area contributed by atoms with Crippen LogP contribution in [0, 0.1) is 0 Å². The minimum atomic E-state index is 0.0588. The van der Waals surface area contributed by atoms with E-state index in [0.717, 1.165) is 21.8 Å². The fraction of sp³-hybridized carbons (Fsp3) is 0.154. The van der Waals surface area contributed by atoms with Gasteiger partial charge >= 0.3 is 0 Å². The molecule has 0 fully saturated rings. The van der Waals surface area contributed by atoms with E-state index in [0.29, 0.717) is 0 Å². The van der Waals surface area contributed by atoms with Gasteiger partial charge in [0.05, 0.1) is 11.7 Å². The first-order valence-electron chi connectivity index (χ1n) is 5.91. The standard InChI is InChI=1S/C13H12BrN5/c1-9(10-4-2-3-5-15-10)17-12-13-16-6-7-19(13)8-11(14)18-12/h2-9H,1H3,(H,17,18). The third kappa shape index (κ3) is 2.44. The van der Waals surface area contributed by atoms with E-state index in [1.807, 2.05) is 41.9 Å². The molecule has 19 heavy (non-hydrogen) atoms. The lowest BCUT2D eigenvalue weighted by Gasteiger charge is -2.14. The van der Waals surface area contributed by atoms with E-state index in [1.54, 1.807) is 12.4 Å². The van der Waals surface area contributed by atoms with Crippen molar-refractivity contribution in [2.24, 2.45) is 0 Å². The lowest BCUT2D eigenvalue weighted by atomic mass is 10.2. The number of hydrogen-bond donors (Lipinski definition) is 1. The predicted octanol–water partition coefficient (Wildman–Crippen LogP) is 3.06. The van der Waals surface area contributed by atoms with Gasteiger partial charge in [0, 0.05) is 24.8 Å². The molecule has 0 aliphatic rings. The molecule has 5 nitrogen and oxygen atoms in total. The van der Waals surface area contributed by atoms with E-state index < -0.39 is 0 Å². The summed E-state index contributed by atoms with van der Waals surface area (Å²) in [4.78, 5) is 13.1. The van der Waals surface area contributed by atoms with Crippen molar-refractivity contribution in [2.45, 2.75) is 13.0 Å². The van der Waals surface area contributed by atoms with Crippen LogP contribution in [-0.4, -0.2) is 19.4 Å². The van der Waals surface area contributed by atoms with Crippen LogP contribution < -0.4 is 5.32 Å². The van der Waals surface area contributed by atoms with E-state index >= 15 is 0 Å². The van der Waals surface area contributed by atoms with Gasteiger partial charge in [0.2, 0.25) is 0 Å². The van der Waals surface area contributed by atoms with Crippen molar-refractivity contribution in [3.8, 4) is 0 Å². The van der Waals surface area contributed by atoms with Crippen LogP contribution in [-0.2, 0) is 0 Å². The summed E-state index contributed by atoms with van der Waals surface area (Å²) in [6.45, 7) is 2.05. The quantitative estimate of drug-likeness (QED) is 0.806. The van der Waals surface area contributed by atoms with Gasteiger partial charge in [-0.05, 0) is 35.0 Å². The van der Waals surface area contributed by atoms with Gasteiger partial charge in [0.25, 0.3) is 0 Å². The summed E-state index contributed by atoms with van der Waals surface area (Å²) in [5.74, 6) is 0.734. The van der Waals surface area contributed by atoms with Gasteiger partial charge < -0.3 is 9.72 Å². The van der Waals surface area contributed by atoms with Crippen molar-refractivity contribution in [1.29, 1.82) is 0 Å². The Kier molecular flexibility index (Phi) is 3.16. The Labute approximate surface area is 118 Å². The molecule has 1 atom stereocenters. The van der Waals surface area contributed by atoms with Crippen molar-refractivity contribution in [3.05, 3.63) is 53.3 Å². The molecule has 3 aromatic heterocycles. The van der Waals surface area contributed by atoms with Crippen molar-refractivity contribution in [1.82, 2.24) is 19.4 Å². The largest absolute Gasteiger partial charge is 0.359 e. The van der Waals surface area contributed by atoms with Gasteiger partial charge in [0.1, 0.15) is 4.60 Å². The number of rotatable bonds is 3. The van der Waals surface area contributed by atoms with E-state index in [1.165, 1.54) is 0 Å². The monoisotopic (exact) mass is 317 g/mol. The van der Waals surface area contributed by atoms with E-state index in [2.05, 4.69) is 36.2 Å². The van der Waals surface area contributed by atoms with Gasteiger partial charge in [-0.3, -0.25) is 4.98 Å². The van der Waals surface area contributed by atoms with Crippen molar-refractivity contribution in [2.75, 3.05) is 5.32 Å². The Bertz CT molecular complexity index is 695. The molecular formula is C13H12BrN5. The van der Waals surface area contributed by atoms with Crippen LogP contribution in [0.25, 0.3) is 5.65 Å². The smallest absolute Gasteiger partial charge is 0.180 e. The summed E-state index contributed by atoms with van der Waals surface area (Å²) < 4.78 is 2.68. The predicted molar refractivity (Wildman–Crippen MR) is 77.0 cm³/mol. The minimum Gasteiger partial charge on any atom is -0.359 e. The highest BCUT2D eigenvalue weighted by atomic mass is 79.9. The van der Waals surface area contributed by atoms with Gasteiger partial charge in [-0.1, -0.05) is 6.07 Å². The molecule has 0 aromatic carbocycles. The number of anilines is 1. The third-order valence-electron chi connectivity index (χ3n) is 2.83. The van der Waals surface area contributed by atoms with Gasteiger partial charge in [0.15, 0.2) is 11.5 Å². The average Bonchev–Trinajstić information content (AvgIpc) is 2.88. The lowest BCUT2D eigenvalue weighted by Crippen LogP contribution is -2.10. The highest BCUT2D eigenvalue weighted by molar-refractivity contribution is 9.10. The van der Waals surface area contributed by atoms with E-state index in [4.69, 9.17) is 0 Å². The first kappa shape index (κ1) is 12.1. The highest BCUT2D eigenvalue weighted by Gasteiger charge is 2.11. The molecule has 0 saturated carbocycles. The first-order valence-corrected chi connectivity index (χ1v) is 6.70. The molecule has 0 spiro atoms. The maximum Gasteiger partial charge on any atom is 0.180 e. The number of nitrogens with zero attached hydrogens (tertiary/aromatic N) is 4. The molecule has 0 saturated heterocycles. The lowest BCUT2D eigenvalue weighted by molar-refractivity contribution is 0.829. The first-order chi connectivity index (χ1) is 9.24. The average molecular weight is 318 g/mol. The maximum absolute atomic E-state index is 4.43. The number of pyridine rings is 1. The molecule has 0 aliphatic heterocycles. The number of fused-ring (bicyclic) bond motifs is 1. The van der Waals surface area contributed by atoms with Crippen molar-refractivity contribution in [3.63, 3.8) is 0 Å². The second kappa shape index (κ2) is 4.97. The normalized spacial score (nSPS) is 12.5. The molecule has 0 amide bonds. The SMILES string of the molecule is CC(Nc1nc(Br)cn2ccnc12)c1ccccn1. The summed E-state index contributed by atoms with van der Waals surface area (Å²) in [5, 5.41) is 3.34. The Morgan fingerprint density at radius 2 is 2.16 bits per heavy atom. The fourth-order valence-corrected chi connectivity index (χ4v) is 2.31. The van der Waals surface area contributed by atoms with Crippen LogP contribution in [0.15, 0.2) is 47.6 Å². The zero-order valence-corrected chi connectivity index (χ0v) is 11.9. The summed E-state index contributed by atoms with van der Waals surface area (Å²) in [5.41, 5.74) is 1.76. The van der Waals surface area contributed by atoms with Crippen molar-refractivity contribution >= 4 is 27.4 Å². The molecule has 6 heteroatoms. The van der Waals surface area contributed by atoms with Crippen molar-refractivity contribution < 1.29 is 0 Å². The Hall–Kier alpha value is -1.95. The van der Waals surface area contributed by atoms with Crippen LogP contribution in [0.4, 0.5) is 5.82 Å². The number of hydrogen-bond acceptors (Lipinski definition) is 4. The number of halogens is 1. The second-order valence-corrected chi connectivity index (χ2v) is 5.00. The summed E-state index contributed by atoms with van der Waals surface area (Å²) in [6.07, 6.45) is 7.30. The summed E-state index contributed by atoms with van der Waals surface area (Å²) in [6, 6.07) is 5.92. The van der Waals surface area contributed by atoms with E-state index in [-0.39, 0.29) is 6.04 Å². The Morgan fingerprint density at radius 1 is 1.26 bits per heavy atom. The molecule has 0 aliphatic carbocycles. The number of aromatic nitrogens is 4. The second-order valence-electron chi connectivity index (χ2n) is 4.19. The molecule has 3 heterocycles. The Balaban J connectivity index is 1.95. The highest BCUT2D eigenvalue weighted by Crippen LogP contribution is 2.21. The van der Waals surface area contributed by atoms with Gasteiger partial charge in [-0.2, -0.15) is 0 Å². The molecule has 0 bridgehead atoms. The molecule has 3 rings (SSSR count). The number of imidazole rings is 1. The molecule has 0 radical (unpaired) electrons. The zero-order valence-electron chi connectivity index (χ0n) is 10.3.